The van der Waals surface area contributed by atoms with E-state index < -0.39 is 20.7 Å². The summed E-state index contributed by atoms with van der Waals surface area (Å²) in [4.78, 5) is 0. The molecule has 4 nitrogen and oxygen atoms in total. The number of sulfone groups is 1. The van der Waals surface area contributed by atoms with Crippen LogP contribution >= 0.6 is 0 Å². The highest BCUT2D eigenvalue weighted by atomic mass is 32.2. The van der Waals surface area contributed by atoms with E-state index in [1.54, 1.807) is 44.5 Å². The van der Waals surface area contributed by atoms with Crippen molar-refractivity contribution >= 4 is 9.84 Å². The maximum Gasteiger partial charge on any atom is 0.156 e. The molecule has 5 heteroatoms. The Balaban J connectivity index is 2.79. The van der Waals surface area contributed by atoms with Crippen molar-refractivity contribution in [3.63, 3.8) is 0 Å². The van der Waals surface area contributed by atoms with E-state index in [4.69, 9.17) is 0 Å². The first-order valence-electron chi connectivity index (χ1n) is 5.70. The van der Waals surface area contributed by atoms with Gasteiger partial charge in [-0.25, -0.2) is 8.42 Å². The van der Waals surface area contributed by atoms with Gasteiger partial charge in [-0.1, -0.05) is 0 Å². The first-order valence-corrected chi connectivity index (χ1v) is 7.36. The van der Waals surface area contributed by atoms with Crippen LogP contribution in [0.5, 0.6) is 0 Å². The van der Waals surface area contributed by atoms with Crippen molar-refractivity contribution in [3.05, 3.63) is 24.0 Å². The lowest BCUT2D eigenvalue weighted by molar-refractivity contribution is 0.189. The molecule has 0 amide bonds. The molecule has 0 spiro atoms. The molecule has 0 fully saturated rings. The van der Waals surface area contributed by atoms with Crippen molar-refractivity contribution in [2.24, 2.45) is 0 Å². The molecule has 0 saturated heterocycles. The Morgan fingerprint density at radius 3 is 2.47 bits per heavy atom. The zero-order chi connectivity index (χ0) is 13.3. The Labute approximate surface area is 103 Å². The normalized spacial score (nSPS) is 14.9. The van der Waals surface area contributed by atoms with Gasteiger partial charge >= 0.3 is 0 Å². The van der Waals surface area contributed by atoms with Gasteiger partial charge in [0.05, 0.1) is 16.6 Å². The number of nitrogens with zero attached hydrogens (tertiary/aromatic N) is 1. The van der Waals surface area contributed by atoms with E-state index in [2.05, 4.69) is 0 Å². The Morgan fingerprint density at radius 2 is 2.00 bits per heavy atom. The molecule has 1 N–H and O–H groups in total. The van der Waals surface area contributed by atoms with Crippen molar-refractivity contribution in [2.75, 3.05) is 5.75 Å². The smallest absolute Gasteiger partial charge is 0.156 e. The van der Waals surface area contributed by atoms with Crippen molar-refractivity contribution in [3.8, 4) is 0 Å². The summed E-state index contributed by atoms with van der Waals surface area (Å²) in [6.45, 7) is 7.16. The van der Waals surface area contributed by atoms with Gasteiger partial charge in [0.1, 0.15) is 0 Å². The third kappa shape index (κ3) is 3.33. The molecule has 1 aromatic heterocycles. The number of rotatable bonds is 4. The fraction of sp³-hybridized carbons (Fsp3) is 0.667. The first-order chi connectivity index (χ1) is 7.65. The summed E-state index contributed by atoms with van der Waals surface area (Å²) < 4.78 is 25.0. The highest BCUT2D eigenvalue weighted by Gasteiger charge is 2.28. The molecular weight excluding hydrogens is 238 g/mol. The van der Waals surface area contributed by atoms with Crippen LogP contribution in [-0.2, 0) is 16.4 Å². The number of hydrogen-bond acceptors (Lipinski definition) is 3. The SMILES string of the molecule is CC(O)c1cccn1CCS(=O)(=O)C(C)(C)C. The Morgan fingerprint density at radius 1 is 1.41 bits per heavy atom. The van der Waals surface area contributed by atoms with Crippen LogP contribution in [0.3, 0.4) is 0 Å². The summed E-state index contributed by atoms with van der Waals surface area (Å²) in [7, 11) is -3.12. The lowest BCUT2D eigenvalue weighted by Crippen LogP contribution is -2.32. The lowest BCUT2D eigenvalue weighted by atomic mass is 10.3. The van der Waals surface area contributed by atoms with E-state index in [0.717, 1.165) is 5.69 Å². The van der Waals surface area contributed by atoms with E-state index in [1.165, 1.54) is 0 Å². The molecule has 1 atom stereocenters. The second kappa shape index (κ2) is 4.82. The highest BCUT2D eigenvalue weighted by Crippen LogP contribution is 2.18. The third-order valence-electron chi connectivity index (χ3n) is 2.83. The quantitative estimate of drug-likeness (QED) is 0.896. The number of aliphatic hydroxyl groups is 1. The van der Waals surface area contributed by atoms with E-state index in [-0.39, 0.29) is 5.75 Å². The van der Waals surface area contributed by atoms with Crippen LogP contribution in [0.4, 0.5) is 0 Å². The van der Waals surface area contributed by atoms with Gasteiger partial charge in [0.2, 0.25) is 0 Å². The molecule has 17 heavy (non-hydrogen) atoms. The van der Waals surface area contributed by atoms with Crippen LogP contribution in [-0.4, -0.2) is 28.6 Å². The van der Waals surface area contributed by atoms with Gasteiger partial charge in [-0.3, -0.25) is 0 Å². The third-order valence-corrected chi connectivity index (χ3v) is 5.41. The molecule has 0 aliphatic rings. The summed E-state index contributed by atoms with van der Waals surface area (Å²) >= 11 is 0. The second-order valence-corrected chi connectivity index (χ2v) is 8.10. The average molecular weight is 259 g/mol. The van der Waals surface area contributed by atoms with Crippen molar-refractivity contribution in [2.45, 2.75) is 45.1 Å². The van der Waals surface area contributed by atoms with E-state index in [1.807, 2.05) is 6.07 Å². The minimum absolute atomic E-state index is 0.0882. The number of aliphatic hydroxyl groups excluding tert-OH is 1. The number of aryl methyl sites for hydroxylation is 1. The Bertz CT molecular complexity index is 466. The summed E-state index contributed by atoms with van der Waals surface area (Å²) in [5.74, 6) is 0.0882. The van der Waals surface area contributed by atoms with Gasteiger partial charge in [-0.15, -0.1) is 0 Å². The van der Waals surface area contributed by atoms with Crippen molar-refractivity contribution < 1.29 is 13.5 Å². The molecule has 1 aromatic rings. The van der Waals surface area contributed by atoms with Gasteiger partial charge in [0.15, 0.2) is 9.84 Å². The largest absolute Gasteiger partial charge is 0.387 e. The zero-order valence-electron chi connectivity index (χ0n) is 10.8. The van der Waals surface area contributed by atoms with Gasteiger partial charge in [0, 0.05) is 18.4 Å². The molecule has 0 aliphatic carbocycles. The van der Waals surface area contributed by atoms with E-state index in [0.29, 0.717) is 6.54 Å². The Kier molecular flexibility index (Phi) is 4.04. The van der Waals surface area contributed by atoms with Gasteiger partial charge in [-0.05, 0) is 39.8 Å². The minimum Gasteiger partial charge on any atom is -0.387 e. The summed E-state index contributed by atoms with van der Waals surface area (Å²) in [5.41, 5.74) is 0.745. The second-order valence-electron chi connectivity index (χ2n) is 5.23. The summed E-state index contributed by atoms with van der Waals surface area (Å²) in [6.07, 6.45) is 1.21. The molecule has 1 heterocycles. The van der Waals surface area contributed by atoms with Crippen LogP contribution in [0.25, 0.3) is 0 Å². The Hall–Kier alpha value is -0.810. The molecule has 0 aliphatic heterocycles. The van der Waals surface area contributed by atoms with Crippen LogP contribution in [0.2, 0.25) is 0 Å². The molecule has 0 saturated carbocycles. The first kappa shape index (κ1) is 14.3. The van der Waals surface area contributed by atoms with Crippen LogP contribution in [0, 0.1) is 0 Å². The molecule has 0 radical (unpaired) electrons. The van der Waals surface area contributed by atoms with E-state index >= 15 is 0 Å². The number of hydrogen-bond donors (Lipinski definition) is 1. The van der Waals surface area contributed by atoms with Crippen LogP contribution < -0.4 is 0 Å². The summed E-state index contributed by atoms with van der Waals surface area (Å²) in [5, 5.41) is 9.51. The highest BCUT2D eigenvalue weighted by molar-refractivity contribution is 7.92. The predicted octanol–water partition coefficient (Wildman–Crippen LogP) is 1.75. The molecular formula is C12H21NO3S. The van der Waals surface area contributed by atoms with Crippen molar-refractivity contribution in [1.29, 1.82) is 0 Å². The molecule has 1 unspecified atom stereocenters. The van der Waals surface area contributed by atoms with E-state index in [9.17, 15) is 13.5 Å². The maximum absolute atomic E-state index is 12.0. The zero-order valence-corrected chi connectivity index (χ0v) is 11.7. The van der Waals surface area contributed by atoms with Gasteiger partial charge in [0.25, 0.3) is 0 Å². The minimum atomic E-state index is -3.12. The molecule has 1 rings (SSSR count). The van der Waals surface area contributed by atoms with Crippen molar-refractivity contribution in [1.82, 2.24) is 4.57 Å². The summed E-state index contributed by atoms with van der Waals surface area (Å²) in [6, 6.07) is 3.61. The lowest BCUT2D eigenvalue weighted by Gasteiger charge is -2.20. The number of aromatic nitrogens is 1. The van der Waals surface area contributed by atoms with Gasteiger partial charge < -0.3 is 9.67 Å². The standard InChI is InChI=1S/C12H21NO3S/c1-10(14)11-6-5-7-13(11)8-9-17(15,16)12(2,3)4/h5-7,10,14H,8-9H2,1-4H3. The predicted molar refractivity (Wildman–Crippen MR) is 68.6 cm³/mol. The molecule has 0 bridgehead atoms. The average Bonchev–Trinajstić information content (AvgIpc) is 2.60. The monoisotopic (exact) mass is 259 g/mol. The fourth-order valence-corrected chi connectivity index (χ4v) is 2.58. The van der Waals surface area contributed by atoms with Crippen LogP contribution in [0.1, 0.15) is 39.5 Å². The fourth-order valence-electron chi connectivity index (χ4n) is 1.53. The molecule has 98 valence electrons. The van der Waals surface area contributed by atoms with Crippen LogP contribution in [0.15, 0.2) is 18.3 Å². The molecule has 0 aromatic carbocycles. The maximum atomic E-state index is 12.0. The topological polar surface area (TPSA) is 59.3 Å². The van der Waals surface area contributed by atoms with Gasteiger partial charge in [-0.2, -0.15) is 0 Å².